The van der Waals surface area contributed by atoms with Crippen molar-refractivity contribution in [1.29, 1.82) is 0 Å². The second-order valence-electron chi connectivity index (χ2n) is 10.3. The molecule has 1 aliphatic heterocycles. The van der Waals surface area contributed by atoms with Crippen molar-refractivity contribution in [3.63, 3.8) is 0 Å². The van der Waals surface area contributed by atoms with Crippen LogP contribution in [0, 0.1) is 17.8 Å². The Balaban J connectivity index is 1.97. The number of hydrogen-bond acceptors (Lipinski definition) is 4. The van der Waals surface area contributed by atoms with Gasteiger partial charge >= 0.3 is 0 Å². The van der Waals surface area contributed by atoms with Gasteiger partial charge in [0.2, 0.25) is 0 Å². The van der Waals surface area contributed by atoms with Crippen LogP contribution in [0.25, 0.3) is 0 Å². The summed E-state index contributed by atoms with van der Waals surface area (Å²) in [5.74, 6) is 1.80. The van der Waals surface area contributed by atoms with Gasteiger partial charge in [0.1, 0.15) is 6.10 Å². The van der Waals surface area contributed by atoms with Crippen LogP contribution in [0.15, 0.2) is 12.2 Å². The Labute approximate surface area is 167 Å². The third kappa shape index (κ3) is 5.99. The molecular weight excluding hydrogens is 356 g/mol. The summed E-state index contributed by atoms with van der Waals surface area (Å²) < 4.78 is 18.6. The second kappa shape index (κ2) is 8.89. The van der Waals surface area contributed by atoms with Gasteiger partial charge in [0.05, 0.1) is 12.7 Å². The number of ether oxygens (including phenoxy) is 2. The van der Waals surface area contributed by atoms with E-state index in [2.05, 4.69) is 54.6 Å². The van der Waals surface area contributed by atoms with E-state index in [-0.39, 0.29) is 16.9 Å². The molecule has 3 unspecified atom stereocenters. The van der Waals surface area contributed by atoms with Crippen molar-refractivity contribution >= 4 is 14.1 Å². The van der Waals surface area contributed by atoms with Crippen molar-refractivity contribution in [2.24, 2.45) is 17.8 Å². The van der Waals surface area contributed by atoms with E-state index in [1.54, 1.807) is 12.2 Å². The SMILES string of the molecule is CC1CCC(C(C)C)C(O[C@H]2C=CC(=O)[C@H](CO[Si](C)(C)C(C)(C)C)O2)C1. The van der Waals surface area contributed by atoms with Crippen LogP contribution in [-0.4, -0.2) is 39.2 Å². The highest BCUT2D eigenvalue weighted by atomic mass is 28.4. The standard InChI is InChI=1S/C22H40O4Si/c1-15(2)17-10-9-16(3)13-19(17)25-21-12-11-18(23)20(26-21)14-24-27(7,8)22(4,5)6/h11-12,15-17,19-21H,9-10,13-14H2,1-8H3/t16?,17?,19?,20-,21+/m0/s1. The maximum Gasteiger partial charge on any atom is 0.192 e. The minimum atomic E-state index is -1.92. The van der Waals surface area contributed by atoms with Gasteiger partial charge in [0.15, 0.2) is 20.4 Å². The lowest BCUT2D eigenvalue weighted by molar-refractivity contribution is -0.200. The summed E-state index contributed by atoms with van der Waals surface area (Å²) in [7, 11) is -1.92. The first-order valence-electron chi connectivity index (χ1n) is 10.6. The van der Waals surface area contributed by atoms with Gasteiger partial charge in [-0.2, -0.15) is 0 Å². The van der Waals surface area contributed by atoms with Crippen molar-refractivity contribution in [2.45, 2.75) is 97.4 Å². The maximum absolute atomic E-state index is 12.3. The van der Waals surface area contributed by atoms with Crippen molar-refractivity contribution in [1.82, 2.24) is 0 Å². The Kier molecular flexibility index (Phi) is 7.51. The predicted octanol–water partition coefficient (Wildman–Crippen LogP) is 5.34. The van der Waals surface area contributed by atoms with Crippen LogP contribution in [0.5, 0.6) is 0 Å². The van der Waals surface area contributed by atoms with Gasteiger partial charge in [0, 0.05) is 0 Å². The molecule has 1 fully saturated rings. The Morgan fingerprint density at radius 2 is 1.93 bits per heavy atom. The smallest absolute Gasteiger partial charge is 0.192 e. The summed E-state index contributed by atoms with van der Waals surface area (Å²) in [4.78, 5) is 12.3. The van der Waals surface area contributed by atoms with E-state index in [1.165, 1.54) is 12.8 Å². The summed E-state index contributed by atoms with van der Waals surface area (Å²) in [6.07, 6.45) is 6.10. The molecule has 5 heteroatoms. The van der Waals surface area contributed by atoms with E-state index in [0.717, 1.165) is 6.42 Å². The highest BCUT2D eigenvalue weighted by Gasteiger charge is 2.39. The van der Waals surface area contributed by atoms with E-state index in [0.29, 0.717) is 24.4 Å². The molecule has 2 rings (SSSR count). The molecule has 0 radical (unpaired) electrons. The maximum atomic E-state index is 12.3. The van der Waals surface area contributed by atoms with Gasteiger partial charge < -0.3 is 13.9 Å². The molecule has 0 aromatic heterocycles. The molecule has 0 bridgehead atoms. The molecule has 1 heterocycles. The number of carbonyl (C=O) groups is 1. The number of hydrogen-bond donors (Lipinski definition) is 0. The van der Waals surface area contributed by atoms with Gasteiger partial charge in [-0.25, -0.2) is 0 Å². The third-order valence-electron chi connectivity index (χ3n) is 6.71. The molecule has 0 N–H and O–H groups in total. The zero-order chi connectivity index (χ0) is 20.4. The first kappa shape index (κ1) is 22.8. The highest BCUT2D eigenvalue weighted by molar-refractivity contribution is 6.74. The molecule has 1 aliphatic carbocycles. The molecule has 4 nitrogen and oxygen atoms in total. The van der Waals surface area contributed by atoms with E-state index in [1.807, 2.05) is 0 Å². The largest absolute Gasteiger partial charge is 0.414 e. The molecule has 2 aliphatic rings. The lowest BCUT2D eigenvalue weighted by Gasteiger charge is -2.40. The first-order valence-corrected chi connectivity index (χ1v) is 13.5. The molecule has 0 aromatic carbocycles. The molecule has 156 valence electrons. The summed E-state index contributed by atoms with van der Waals surface area (Å²) >= 11 is 0. The van der Waals surface area contributed by atoms with Gasteiger partial charge in [-0.15, -0.1) is 0 Å². The minimum absolute atomic E-state index is 0.0222. The van der Waals surface area contributed by atoms with Crippen LogP contribution in [0.1, 0.15) is 60.8 Å². The summed E-state index contributed by atoms with van der Waals surface area (Å²) in [6.45, 7) is 18.1. The average Bonchev–Trinajstić information content (AvgIpc) is 2.54. The molecule has 27 heavy (non-hydrogen) atoms. The van der Waals surface area contributed by atoms with Gasteiger partial charge in [-0.3, -0.25) is 4.79 Å². The van der Waals surface area contributed by atoms with Crippen LogP contribution in [0.4, 0.5) is 0 Å². The number of carbonyl (C=O) groups excluding carboxylic acids is 1. The monoisotopic (exact) mass is 396 g/mol. The second-order valence-corrected chi connectivity index (χ2v) is 15.1. The molecule has 0 spiro atoms. The Hall–Kier alpha value is -0.493. The Morgan fingerprint density at radius 3 is 2.52 bits per heavy atom. The van der Waals surface area contributed by atoms with Crippen LogP contribution in [-0.2, 0) is 18.7 Å². The highest BCUT2D eigenvalue weighted by Crippen LogP contribution is 2.38. The molecule has 0 aromatic rings. The van der Waals surface area contributed by atoms with E-state index < -0.39 is 20.7 Å². The fourth-order valence-electron chi connectivity index (χ4n) is 3.70. The third-order valence-corrected chi connectivity index (χ3v) is 11.2. The van der Waals surface area contributed by atoms with Gasteiger partial charge in [0.25, 0.3) is 0 Å². The van der Waals surface area contributed by atoms with Crippen molar-refractivity contribution in [2.75, 3.05) is 6.61 Å². The summed E-state index contributed by atoms with van der Waals surface area (Å²) in [5.41, 5.74) is 0. The van der Waals surface area contributed by atoms with Crippen molar-refractivity contribution in [3.05, 3.63) is 12.2 Å². The van der Waals surface area contributed by atoms with Crippen LogP contribution < -0.4 is 0 Å². The normalized spacial score (nSPS) is 32.9. The lowest BCUT2D eigenvalue weighted by Crippen LogP contribution is -2.46. The minimum Gasteiger partial charge on any atom is -0.414 e. The van der Waals surface area contributed by atoms with E-state index >= 15 is 0 Å². The molecule has 0 amide bonds. The summed E-state index contributed by atoms with van der Waals surface area (Å²) in [5, 5.41) is 0.110. The first-order chi connectivity index (χ1) is 12.4. The van der Waals surface area contributed by atoms with E-state index in [4.69, 9.17) is 13.9 Å². The molecule has 1 saturated carbocycles. The average molecular weight is 397 g/mol. The van der Waals surface area contributed by atoms with Crippen LogP contribution in [0.2, 0.25) is 18.1 Å². The topological polar surface area (TPSA) is 44.8 Å². The fraction of sp³-hybridized carbons (Fsp3) is 0.864. The van der Waals surface area contributed by atoms with E-state index in [9.17, 15) is 4.79 Å². The zero-order valence-corrected chi connectivity index (χ0v) is 19.6. The Morgan fingerprint density at radius 1 is 1.26 bits per heavy atom. The summed E-state index contributed by atoms with van der Waals surface area (Å²) in [6, 6.07) is 0. The van der Waals surface area contributed by atoms with Gasteiger partial charge in [-0.1, -0.05) is 48.0 Å². The molecular formula is C22H40O4Si. The van der Waals surface area contributed by atoms with Crippen molar-refractivity contribution in [3.8, 4) is 0 Å². The zero-order valence-electron chi connectivity index (χ0n) is 18.6. The van der Waals surface area contributed by atoms with Gasteiger partial charge in [-0.05, 0) is 60.9 Å². The Bertz CT molecular complexity index is 535. The quantitative estimate of drug-likeness (QED) is 0.569. The lowest BCUT2D eigenvalue weighted by atomic mass is 9.75. The molecule has 0 saturated heterocycles. The number of rotatable bonds is 6. The number of ketones is 1. The van der Waals surface area contributed by atoms with Crippen LogP contribution >= 0.6 is 0 Å². The predicted molar refractivity (Wildman–Crippen MR) is 112 cm³/mol. The molecule has 5 atom stereocenters. The van der Waals surface area contributed by atoms with Crippen molar-refractivity contribution < 1.29 is 18.7 Å². The van der Waals surface area contributed by atoms with Crippen LogP contribution in [0.3, 0.4) is 0 Å². The fourth-order valence-corrected chi connectivity index (χ4v) is 4.70.